The van der Waals surface area contributed by atoms with Crippen LogP contribution >= 0.6 is 22.6 Å². The first-order valence-corrected chi connectivity index (χ1v) is 4.53. The van der Waals surface area contributed by atoms with Gasteiger partial charge in [-0.3, -0.25) is 0 Å². The molecular weight excluding hydrogens is 213 g/mol. The van der Waals surface area contributed by atoms with Gasteiger partial charge in [0.15, 0.2) is 0 Å². The molecule has 0 saturated heterocycles. The van der Waals surface area contributed by atoms with Gasteiger partial charge in [-0.05, 0) is 6.92 Å². The predicted molar refractivity (Wildman–Crippen MR) is 46.4 cm³/mol. The first-order valence-electron chi connectivity index (χ1n) is 3.00. The Morgan fingerprint density at radius 1 is 1.38 bits per heavy atom. The summed E-state index contributed by atoms with van der Waals surface area (Å²) in [5, 5.41) is 0. The zero-order chi connectivity index (χ0) is 6.62. The molecule has 2 heteroatoms. The van der Waals surface area contributed by atoms with Gasteiger partial charge in [-0.1, -0.05) is 22.6 Å². The molecule has 0 unspecified atom stereocenters. The lowest BCUT2D eigenvalue weighted by atomic mass is 10.5. The van der Waals surface area contributed by atoms with Crippen LogP contribution in [0.5, 0.6) is 0 Å². The van der Waals surface area contributed by atoms with Crippen LogP contribution in [0.1, 0.15) is 6.92 Å². The molecule has 0 aliphatic carbocycles. The van der Waals surface area contributed by atoms with E-state index < -0.39 is 0 Å². The molecular formula is C6H15IN+. The molecule has 0 radical (unpaired) electrons. The summed E-state index contributed by atoms with van der Waals surface area (Å²) in [4.78, 5) is 0. The van der Waals surface area contributed by atoms with Crippen LogP contribution in [-0.2, 0) is 0 Å². The monoisotopic (exact) mass is 228 g/mol. The highest BCUT2D eigenvalue weighted by Gasteiger charge is 2.08. The summed E-state index contributed by atoms with van der Waals surface area (Å²) < 4.78 is 2.42. The molecule has 0 heterocycles. The Kier molecular flexibility index (Phi) is 3.98. The molecule has 0 aromatic rings. The molecule has 50 valence electrons. The Morgan fingerprint density at radius 3 is 2.00 bits per heavy atom. The molecule has 8 heavy (non-hydrogen) atoms. The van der Waals surface area contributed by atoms with Crippen LogP contribution in [-0.4, -0.2) is 36.1 Å². The number of nitrogens with zero attached hydrogens (tertiary/aromatic N) is 1. The minimum atomic E-state index is 1.16. The Labute approximate surface area is 65.8 Å². The Morgan fingerprint density at radius 2 is 1.88 bits per heavy atom. The fourth-order valence-corrected chi connectivity index (χ4v) is 1.69. The van der Waals surface area contributed by atoms with Crippen molar-refractivity contribution in [1.82, 2.24) is 0 Å². The van der Waals surface area contributed by atoms with Crippen LogP contribution < -0.4 is 0 Å². The van der Waals surface area contributed by atoms with Crippen LogP contribution in [0.2, 0.25) is 0 Å². The number of rotatable bonds is 3. The van der Waals surface area contributed by atoms with Gasteiger partial charge in [0, 0.05) is 4.43 Å². The van der Waals surface area contributed by atoms with Crippen molar-refractivity contribution in [1.29, 1.82) is 0 Å². The van der Waals surface area contributed by atoms with Crippen molar-refractivity contribution < 1.29 is 4.48 Å². The third kappa shape index (κ3) is 3.66. The van der Waals surface area contributed by atoms with Gasteiger partial charge >= 0.3 is 0 Å². The third-order valence-electron chi connectivity index (χ3n) is 1.55. The maximum absolute atomic E-state index is 2.42. The quantitative estimate of drug-likeness (QED) is 0.390. The van der Waals surface area contributed by atoms with Gasteiger partial charge < -0.3 is 4.48 Å². The molecule has 0 rings (SSSR count). The molecule has 0 aliphatic heterocycles. The van der Waals surface area contributed by atoms with Gasteiger partial charge in [0.25, 0.3) is 0 Å². The SMILES string of the molecule is CC[N+](C)(C)CCI. The topological polar surface area (TPSA) is 0 Å². The summed E-state index contributed by atoms with van der Waals surface area (Å²) in [6.07, 6.45) is 0. The van der Waals surface area contributed by atoms with Gasteiger partial charge in [-0.2, -0.15) is 0 Å². The van der Waals surface area contributed by atoms with Crippen molar-refractivity contribution in [3.63, 3.8) is 0 Å². The number of hydrogen-bond acceptors (Lipinski definition) is 0. The largest absolute Gasteiger partial charge is 0.328 e. The summed E-state index contributed by atoms with van der Waals surface area (Å²) in [7, 11) is 4.53. The van der Waals surface area contributed by atoms with E-state index in [-0.39, 0.29) is 0 Å². The Bertz CT molecular complexity index is 61.5. The first kappa shape index (κ1) is 8.69. The number of halogens is 1. The maximum atomic E-state index is 2.42. The van der Waals surface area contributed by atoms with Gasteiger partial charge in [-0.15, -0.1) is 0 Å². The van der Waals surface area contributed by atoms with Gasteiger partial charge in [0.05, 0.1) is 27.2 Å². The van der Waals surface area contributed by atoms with E-state index in [1.807, 2.05) is 0 Å². The lowest BCUT2D eigenvalue weighted by Gasteiger charge is -2.26. The number of quaternary nitrogens is 1. The highest BCUT2D eigenvalue weighted by atomic mass is 127. The average Bonchev–Trinajstić information content (AvgIpc) is 1.67. The standard InChI is InChI=1S/C6H15IN/c1-4-8(2,3)6-5-7/h4-6H2,1-3H3/q+1. The molecule has 0 aromatic heterocycles. The lowest BCUT2D eigenvalue weighted by molar-refractivity contribution is -0.885. The first-order chi connectivity index (χ1) is 3.62. The molecule has 0 N–H and O–H groups in total. The summed E-state index contributed by atoms with van der Waals surface area (Å²) in [5.41, 5.74) is 0. The van der Waals surface area contributed by atoms with Crippen LogP contribution in [0.3, 0.4) is 0 Å². The highest BCUT2D eigenvalue weighted by molar-refractivity contribution is 14.1. The normalized spacial score (nSPS) is 12.0. The Hall–Kier alpha value is 0.690. The zero-order valence-corrected chi connectivity index (χ0v) is 8.10. The highest BCUT2D eigenvalue weighted by Crippen LogP contribution is 1.96. The lowest BCUT2D eigenvalue weighted by Crippen LogP contribution is -2.40. The molecule has 1 nitrogen and oxygen atoms in total. The minimum absolute atomic E-state index is 1.16. The molecule has 0 saturated carbocycles. The number of alkyl halides is 1. The van der Waals surface area contributed by atoms with Crippen LogP contribution in [0, 0.1) is 0 Å². The fourth-order valence-electron chi connectivity index (χ4n) is 0.387. The van der Waals surface area contributed by atoms with Crippen LogP contribution in [0.15, 0.2) is 0 Å². The fraction of sp³-hybridized carbons (Fsp3) is 1.00. The minimum Gasteiger partial charge on any atom is -0.328 e. The molecule has 0 spiro atoms. The molecule has 0 bridgehead atoms. The van der Waals surface area contributed by atoms with E-state index >= 15 is 0 Å². The van der Waals surface area contributed by atoms with E-state index in [2.05, 4.69) is 43.6 Å². The molecule has 0 aliphatic rings. The van der Waals surface area contributed by atoms with Crippen molar-refractivity contribution >= 4 is 22.6 Å². The summed E-state index contributed by atoms with van der Waals surface area (Å²) in [6, 6.07) is 0. The predicted octanol–water partition coefficient (Wildman–Crippen LogP) is 1.52. The maximum Gasteiger partial charge on any atom is 0.0873 e. The van der Waals surface area contributed by atoms with Crippen molar-refractivity contribution in [2.24, 2.45) is 0 Å². The van der Waals surface area contributed by atoms with E-state index in [1.165, 1.54) is 17.5 Å². The second-order valence-corrected chi connectivity index (χ2v) is 3.74. The van der Waals surface area contributed by atoms with E-state index in [1.54, 1.807) is 0 Å². The summed E-state index contributed by atoms with van der Waals surface area (Å²) >= 11 is 2.42. The van der Waals surface area contributed by atoms with Gasteiger partial charge in [-0.25, -0.2) is 0 Å². The molecule has 0 aromatic carbocycles. The van der Waals surface area contributed by atoms with Crippen molar-refractivity contribution in [3.05, 3.63) is 0 Å². The van der Waals surface area contributed by atoms with Gasteiger partial charge in [0.2, 0.25) is 0 Å². The van der Waals surface area contributed by atoms with E-state index in [4.69, 9.17) is 0 Å². The van der Waals surface area contributed by atoms with Crippen LogP contribution in [0.4, 0.5) is 0 Å². The van der Waals surface area contributed by atoms with E-state index in [0.29, 0.717) is 0 Å². The van der Waals surface area contributed by atoms with Crippen molar-refractivity contribution in [2.45, 2.75) is 6.92 Å². The average molecular weight is 228 g/mol. The number of hydrogen-bond donors (Lipinski definition) is 0. The second-order valence-electron chi connectivity index (χ2n) is 2.66. The molecule has 0 amide bonds. The summed E-state index contributed by atoms with van der Waals surface area (Å²) in [6.45, 7) is 4.76. The second kappa shape index (κ2) is 3.67. The zero-order valence-electron chi connectivity index (χ0n) is 5.95. The van der Waals surface area contributed by atoms with Crippen molar-refractivity contribution in [2.75, 3.05) is 31.6 Å². The third-order valence-corrected chi connectivity index (χ3v) is 2.03. The van der Waals surface area contributed by atoms with Crippen molar-refractivity contribution in [3.8, 4) is 0 Å². The molecule has 0 fully saturated rings. The Balaban J connectivity index is 3.37. The smallest absolute Gasteiger partial charge is 0.0873 e. The van der Waals surface area contributed by atoms with Gasteiger partial charge in [0.1, 0.15) is 0 Å². The van der Waals surface area contributed by atoms with Crippen LogP contribution in [0.25, 0.3) is 0 Å². The van der Waals surface area contributed by atoms with E-state index in [0.717, 1.165) is 4.48 Å². The summed E-state index contributed by atoms with van der Waals surface area (Å²) in [5.74, 6) is 0. The van der Waals surface area contributed by atoms with E-state index in [9.17, 15) is 0 Å². The molecule has 0 atom stereocenters.